The number of halogens is 2. The lowest BCUT2D eigenvalue weighted by molar-refractivity contribution is -0.113. The molecule has 1 aliphatic heterocycles. The number of carbonyl (C=O) groups is 1. The number of unbranched alkanes of at least 4 members (excludes halogenated alkanes) is 1. The van der Waals surface area contributed by atoms with Gasteiger partial charge in [0.25, 0.3) is 5.91 Å². The molecule has 3 aromatic carbocycles. The monoisotopic (exact) mass is 593 g/mol. The number of carbonyl (C=O) groups excluding carboxylic acids is 1. The van der Waals surface area contributed by atoms with Gasteiger partial charge >= 0.3 is 0 Å². The third kappa shape index (κ3) is 6.30. The second-order valence-corrected chi connectivity index (χ2v) is 11.2. The van der Waals surface area contributed by atoms with Crippen LogP contribution in [-0.4, -0.2) is 26.4 Å². The van der Waals surface area contributed by atoms with E-state index in [1.54, 1.807) is 28.6 Å². The van der Waals surface area contributed by atoms with E-state index in [2.05, 4.69) is 17.6 Å². The zero-order chi connectivity index (χ0) is 28.1. The molecule has 1 unspecified atom stereocenters. The quantitative estimate of drug-likeness (QED) is 0.143. The number of benzene rings is 3. The Balaban J connectivity index is 1.53. The van der Waals surface area contributed by atoms with E-state index >= 15 is 0 Å². The number of hydrogen-bond donors (Lipinski definition) is 2. The van der Waals surface area contributed by atoms with Crippen molar-refractivity contribution in [3.8, 4) is 5.75 Å². The predicted molar refractivity (Wildman–Crippen MR) is 162 cm³/mol. The Morgan fingerprint density at radius 3 is 2.65 bits per heavy atom. The van der Waals surface area contributed by atoms with Gasteiger partial charge in [0.15, 0.2) is 0 Å². The molecular weight excluding hydrogens is 565 g/mol. The molecule has 40 heavy (non-hydrogen) atoms. The third-order valence-corrected chi connectivity index (χ3v) is 7.96. The minimum atomic E-state index is -0.579. The summed E-state index contributed by atoms with van der Waals surface area (Å²) in [6, 6.07) is 21.8. The third-order valence-electron chi connectivity index (χ3n) is 6.45. The summed E-state index contributed by atoms with van der Waals surface area (Å²) in [7, 11) is 0. The Labute approximate surface area is 247 Å². The van der Waals surface area contributed by atoms with Gasteiger partial charge in [0.2, 0.25) is 11.1 Å². The molecule has 1 atom stereocenters. The topological polar surface area (TPSA) is 81.1 Å². The largest absolute Gasteiger partial charge is 0.488 e. The van der Waals surface area contributed by atoms with Crippen LogP contribution in [0.25, 0.3) is 0 Å². The summed E-state index contributed by atoms with van der Waals surface area (Å²) in [5.74, 6) is 1.87. The highest BCUT2D eigenvalue weighted by Crippen LogP contribution is 2.40. The molecule has 2 heterocycles. The van der Waals surface area contributed by atoms with E-state index in [9.17, 15) is 4.79 Å². The highest BCUT2D eigenvalue weighted by Gasteiger charge is 2.36. The van der Waals surface area contributed by atoms with E-state index in [-0.39, 0.29) is 12.5 Å². The molecule has 4 aromatic rings. The average molecular weight is 595 g/mol. The van der Waals surface area contributed by atoms with Crippen molar-refractivity contribution in [2.24, 2.45) is 0 Å². The van der Waals surface area contributed by atoms with Crippen LogP contribution >= 0.6 is 35.0 Å². The van der Waals surface area contributed by atoms with E-state index in [0.717, 1.165) is 29.7 Å². The molecule has 0 saturated heterocycles. The number of allylic oxidation sites excluding steroid dienone is 1. The molecule has 206 valence electrons. The van der Waals surface area contributed by atoms with Crippen LogP contribution < -0.4 is 15.4 Å². The molecule has 0 saturated carbocycles. The number of fused-ring (bicyclic) bond motifs is 1. The number of nitrogens with one attached hydrogen (secondary N) is 2. The van der Waals surface area contributed by atoms with Crippen LogP contribution in [0.15, 0.2) is 89.2 Å². The van der Waals surface area contributed by atoms with Crippen molar-refractivity contribution in [2.45, 2.75) is 44.5 Å². The number of anilines is 2. The van der Waals surface area contributed by atoms with Crippen LogP contribution in [0.4, 0.5) is 11.6 Å². The fraction of sp³-hybridized carbons (Fsp3) is 0.233. The lowest BCUT2D eigenvalue weighted by atomic mass is 9.94. The van der Waals surface area contributed by atoms with E-state index in [4.69, 9.17) is 38.0 Å². The van der Waals surface area contributed by atoms with Gasteiger partial charge in [0.05, 0.1) is 5.57 Å². The number of para-hydroxylation sites is 2. The first-order valence-corrected chi connectivity index (χ1v) is 14.8. The number of hydrogen-bond acceptors (Lipinski definition) is 6. The molecule has 0 spiro atoms. The number of thioether (sulfide) groups is 1. The van der Waals surface area contributed by atoms with Crippen LogP contribution in [-0.2, 0) is 11.4 Å². The zero-order valence-corrected chi connectivity index (χ0v) is 24.5. The highest BCUT2D eigenvalue weighted by molar-refractivity contribution is 7.99. The summed E-state index contributed by atoms with van der Waals surface area (Å²) in [6.07, 6.45) is 2.16. The SMILES string of the molecule is CCCCSc1nc2n(n1)C(c1ccccc1OCc1ccc(Cl)cc1Cl)C(C(=O)Nc1ccccc1)=C(C)N2. The minimum absolute atomic E-state index is 0.231. The van der Waals surface area contributed by atoms with Gasteiger partial charge in [-0.15, -0.1) is 5.10 Å². The molecule has 1 aromatic heterocycles. The summed E-state index contributed by atoms with van der Waals surface area (Å²) in [6.45, 7) is 4.27. The first-order chi connectivity index (χ1) is 19.4. The molecule has 5 rings (SSSR count). The Kier molecular flexibility index (Phi) is 8.99. The lowest BCUT2D eigenvalue weighted by Gasteiger charge is -2.29. The van der Waals surface area contributed by atoms with Crippen molar-refractivity contribution in [2.75, 3.05) is 16.4 Å². The fourth-order valence-electron chi connectivity index (χ4n) is 4.43. The van der Waals surface area contributed by atoms with Gasteiger partial charge < -0.3 is 15.4 Å². The van der Waals surface area contributed by atoms with Crippen LogP contribution in [0.2, 0.25) is 10.0 Å². The number of amides is 1. The van der Waals surface area contributed by atoms with Gasteiger partial charge in [-0.1, -0.05) is 90.8 Å². The van der Waals surface area contributed by atoms with Gasteiger partial charge in [-0.2, -0.15) is 4.98 Å². The maximum atomic E-state index is 13.8. The maximum Gasteiger partial charge on any atom is 0.255 e. The average Bonchev–Trinajstić information content (AvgIpc) is 3.35. The van der Waals surface area contributed by atoms with Crippen molar-refractivity contribution in [3.05, 3.63) is 105 Å². The molecule has 1 amide bonds. The number of ether oxygens (including phenoxy) is 1. The van der Waals surface area contributed by atoms with Gasteiger partial charge in [0, 0.05) is 38.3 Å². The van der Waals surface area contributed by atoms with Gasteiger partial charge in [-0.3, -0.25) is 4.79 Å². The summed E-state index contributed by atoms with van der Waals surface area (Å²) >= 11 is 14.1. The normalized spacial score (nSPS) is 14.4. The highest BCUT2D eigenvalue weighted by atomic mass is 35.5. The molecular formula is C30H29Cl2N5O2S. The predicted octanol–water partition coefficient (Wildman–Crippen LogP) is 7.98. The molecule has 0 fully saturated rings. The zero-order valence-electron chi connectivity index (χ0n) is 22.2. The molecule has 0 radical (unpaired) electrons. The van der Waals surface area contributed by atoms with E-state index in [0.29, 0.717) is 43.9 Å². The summed E-state index contributed by atoms with van der Waals surface area (Å²) in [5, 5.41) is 12.9. The van der Waals surface area contributed by atoms with Gasteiger partial charge in [0.1, 0.15) is 18.4 Å². The standard InChI is InChI=1S/C30H29Cl2N5O2S/c1-3-4-16-40-30-35-29-33-19(2)26(28(38)34-22-10-6-5-7-11-22)27(37(29)36-30)23-12-8-9-13-25(23)39-18-20-14-15-21(31)17-24(20)32/h5-15,17,27H,3-4,16,18H2,1-2H3,(H,34,38)(H,33,35,36). The Morgan fingerprint density at radius 2 is 1.88 bits per heavy atom. The van der Waals surface area contributed by atoms with Crippen molar-refractivity contribution < 1.29 is 9.53 Å². The van der Waals surface area contributed by atoms with Crippen molar-refractivity contribution in [3.63, 3.8) is 0 Å². The van der Waals surface area contributed by atoms with Crippen LogP contribution in [0.1, 0.15) is 43.9 Å². The molecule has 0 bridgehead atoms. The first kappa shape index (κ1) is 28.1. The Morgan fingerprint density at radius 1 is 1.10 bits per heavy atom. The molecule has 7 nitrogen and oxygen atoms in total. The summed E-state index contributed by atoms with van der Waals surface area (Å²) in [5.41, 5.74) is 3.50. The Hall–Kier alpha value is -3.46. The van der Waals surface area contributed by atoms with Gasteiger partial charge in [-0.25, -0.2) is 4.68 Å². The number of aromatic nitrogens is 3. The summed E-state index contributed by atoms with van der Waals surface area (Å²) in [4.78, 5) is 18.5. The van der Waals surface area contributed by atoms with E-state index < -0.39 is 6.04 Å². The first-order valence-electron chi connectivity index (χ1n) is 13.0. The van der Waals surface area contributed by atoms with Crippen LogP contribution in [0, 0.1) is 0 Å². The molecule has 1 aliphatic rings. The maximum absolute atomic E-state index is 13.8. The van der Waals surface area contributed by atoms with Crippen molar-refractivity contribution in [1.82, 2.24) is 14.8 Å². The lowest BCUT2D eigenvalue weighted by Crippen LogP contribution is -2.31. The number of rotatable bonds is 10. The Bertz CT molecular complexity index is 1540. The second kappa shape index (κ2) is 12.8. The fourth-order valence-corrected chi connectivity index (χ4v) is 5.81. The smallest absolute Gasteiger partial charge is 0.255 e. The van der Waals surface area contributed by atoms with Gasteiger partial charge in [-0.05, 0) is 43.7 Å². The van der Waals surface area contributed by atoms with Crippen LogP contribution in [0.5, 0.6) is 5.75 Å². The van der Waals surface area contributed by atoms with Crippen molar-refractivity contribution >= 4 is 52.5 Å². The van der Waals surface area contributed by atoms with Crippen molar-refractivity contribution in [1.29, 1.82) is 0 Å². The molecule has 0 aliphatic carbocycles. The second-order valence-electron chi connectivity index (χ2n) is 9.31. The van der Waals surface area contributed by atoms with E-state index in [1.807, 2.05) is 67.6 Å². The van der Waals surface area contributed by atoms with E-state index in [1.165, 1.54) is 0 Å². The summed E-state index contributed by atoms with van der Waals surface area (Å²) < 4.78 is 8.09. The minimum Gasteiger partial charge on any atom is -0.488 e. The molecule has 10 heteroatoms. The number of nitrogens with zero attached hydrogens (tertiary/aromatic N) is 3. The van der Waals surface area contributed by atoms with Crippen LogP contribution in [0.3, 0.4) is 0 Å². The molecule has 2 N–H and O–H groups in total.